The Morgan fingerprint density at radius 1 is 1.50 bits per heavy atom. The summed E-state index contributed by atoms with van der Waals surface area (Å²) in [5.41, 5.74) is 8.47. The first kappa shape index (κ1) is 8.96. The number of carbonyl (C=O) groups excluding carboxylic acids is 1. The zero-order chi connectivity index (χ0) is 11.3. The lowest BCUT2D eigenvalue weighted by Crippen LogP contribution is -2.10. The van der Waals surface area contributed by atoms with E-state index in [-0.39, 0.29) is 0 Å². The van der Waals surface area contributed by atoms with Crippen molar-refractivity contribution < 1.29 is 4.79 Å². The normalized spacial score (nSPS) is 11.3. The van der Waals surface area contributed by atoms with Crippen molar-refractivity contribution >= 4 is 22.7 Å². The minimum absolute atomic E-state index is 0.435. The number of benzene rings is 1. The summed E-state index contributed by atoms with van der Waals surface area (Å²) in [7, 11) is 0. The van der Waals surface area contributed by atoms with Gasteiger partial charge in [-0.25, -0.2) is 4.98 Å². The van der Waals surface area contributed by atoms with Gasteiger partial charge in [-0.2, -0.15) is 0 Å². The Morgan fingerprint density at radius 3 is 3.06 bits per heavy atom. The first-order valence-electron chi connectivity index (χ1n) is 4.92. The Balaban J connectivity index is 2.37. The van der Waals surface area contributed by atoms with Crippen LogP contribution in [0.1, 0.15) is 16.1 Å². The second kappa shape index (κ2) is 2.85. The lowest BCUT2D eigenvalue weighted by Gasteiger charge is -1.94. The number of rotatable bonds is 1. The number of primary amides is 1. The van der Waals surface area contributed by atoms with Gasteiger partial charge >= 0.3 is 0 Å². The molecule has 1 amide bonds. The number of hydrogen-bond donors (Lipinski definition) is 2. The molecule has 0 unspecified atom stereocenters. The van der Waals surface area contributed by atoms with Crippen LogP contribution in [0.3, 0.4) is 0 Å². The quantitative estimate of drug-likeness (QED) is 0.639. The summed E-state index contributed by atoms with van der Waals surface area (Å²) >= 11 is 0. The molecule has 0 atom stereocenters. The van der Waals surface area contributed by atoms with E-state index in [1.165, 1.54) is 0 Å². The van der Waals surface area contributed by atoms with Crippen molar-refractivity contribution in [1.82, 2.24) is 14.4 Å². The molecule has 3 aromatic rings. The average Bonchev–Trinajstić information content (AvgIpc) is 2.72. The van der Waals surface area contributed by atoms with Gasteiger partial charge in [0.2, 0.25) is 11.7 Å². The van der Waals surface area contributed by atoms with Crippen molar-refractivity contribution in [2.75, 3.05) is 0 Å². The summed E-state index contributed by atoms with van der Waals surface area (Å²) in [6, 6.07) is 5.26. The highest BCUT2D eigenvalue weighted by molar-refractivity contribution is 5.96. The molecule has 1 aromatic carbocycles. The minimum Gasteiger partial charge on any atom is -0.366 e. The predicted molar refractivity (Wildman–Crippen MR) is 60.3 cm³/mol. The van der Waals surface area contributed by atoms with Gasteiger partial charge in [-0.05, 0) is 25.1 Å². The predicted octanol–water partition coefficient (Wildman–Crippen LogP) is 1.22. The summed E-state index contributed by atoms with van der Waals surface area (Å²) < 4.78 is 1.95. The number of nitrogens with zero attached hydrogens (tertiary/aromatic N) is 2. The third kappa shape index (κ3) is 1.11. The number of fused-ring (bicyclic) bond motifs is 3. The number of aromatic amines is 1. The first-order chi connectivity index (χ1) is 7.65. The van der Waals surface area contributed by atoms with Gasteiger partial charge in [0.15, 0.2) is 0 Å². The fourth-order valence-electron chi connectivity index (χ4n) is 1.87. The molecule has 0 fully saturated rings. The van der Waals surface area contributed by atoms with E-state index in [4.69, 9.17) is 5.73 Å². The van der Waals surface area contributed by atoms with Gasteiger partial charge in [0.25, 0.3) is 0 Å². The molecular formula is C11H10N4O. The molecule has 2 heterocycles. The molecule has 0 bridgehead atoms. The van der Waals surface area contributed by atoms with Crippen LogP contribution in [0, 0.1) is 6.92 Å². The van der Waals surface area contributed by atoms with Crippen LogP contribution in [0.25, 0.3) is 16.8 Å². The molecule has 0 radical (unpaired) electrons. The molecule has 0 saturated carbocycles. The molecule has 16 heavy (non-hydrogen) atoms. The van der Waals surface area contributed by atoms with Gasteiger partial charge in [-0.15, -0.1) is 0 Å². The summed E-state index contributed by atoms with van der Waals surface area (Å²) in [5, 5.41) is 0. The smallest absolute Gasteiger partial charge is 0.248 e. The zero-order valence-electron chi connectivity index (χ0n) is 8.69. The number of H-pyrrole nitrogens is 1. The maximum absolute atomic E-state index is 11.0. The van der Waals surface area contributed by atoms with E-state index in [1.807, 2.05) is 23.6 Å². The highest BCUT2D eigenvalue weighted by atomic mass is 16.1. The molecular weight excluding hydrogens is 204 g/mol. The van der Waals surface area contributed by atoms with E-state index < -0.39 is 5.91 Å². The zero-order valence-corrected chi connectivity index (χ0v) is 8.69. The Bertz CT molecular complexity index is 707. The largest absolute Gasteiger partial charge is 0.366 e. The van der Waals surface area contributed by atoms with Crippen LogP contribution in [-0.4, -0.2) is 20.3 Å². The number of aromatic nitrogens is 3. The van der Waals surface area contributed by atoms with Crippen molar-refractivity contribution in [1.29, 1.82) is 0 Å². The van der Waals surface area contributed by atoms with Gasteiger partial charge in [0.05, 0.1) is 11.0 Å². The molecule has 80 valence electrons. The Morgan fingerprint density at radius 2 is 2.31 bits per heavy atom. The van der Waals surface area contributed by atoms with Gasteiger partial charge in [0.1, 0.15) is 0 Å². The summed E-state index contributed by atoms with van der Waals surface area (Å²) in [5.74, 6) is 0.337. The van der Waals surface area contributed by atoms with E-state index in [0.29, 0.717) is 5.56 Å². The lowest BCUT2D eigenvalue weighted by molar-refractivity contribution is 0.100. The second-order valence-electron chi connectivity index (χ2n) is 3.81. The maximum Gasteiger partial charge on any atom is 0.248 e. The molecule has 0 aliphatic rings. The van der Waals surface area contributed by atoms with E-state index >= 15 is 0 Å². The van der Waals surface area contributed by atoms with Gasteiger partial charge in [-0.1, -0.05) is 0 Å². The average molecular weight is 214 g/mol. The molecule has 0 saturated heterocycles. The van der Waals surface area contributed by atoms with E-state index in [1.54, 1.807) is 12.1 Å². The molecule has 5 heteroatoms. The highest BCUT2D eigenvalue weighted by Gasteiger charge is 2.08. The molecule has 2 aromatic heterocycles. The van der Waals surface area contributed by atoms with Crippen molar-refractivity contribution in [2.45, 2.75) is 6.92 Å². The van der Waals surface area contributed by atoms with E-state index in [9.17, 15) is 4.79 Å². The van der Waals surface area contributed by atoms with Gasteiger partial charge < -0.3 is 10.7 Å². The molecule has 0 spiro atoms. The van der Waals surface area contributed by atoms with Crippen LogP contribution in [0.4, 0.5) is 0 Å². The number of aryl methyl sites for hydroxylation is 1. The monoisotopic (exact) mass is 214 g/mol. The fraction of sp³-hybridized carbons (Fsp3) is 0.0909. The third-order valence-electron chi connectivity index (χ3n) is 2.61. The van der Waals surface area contributed by atoms with Gasteiger partial charge in [-0.3, -0.25) is 9.20 Å². The lowest BCUT2D eigenvalue weighted by atomic mass is 10.2. The van der Waals surface area contributed by atoms with Crippen molar-refractivity contribution in [3.8, 4) is 0 Å². The number of nitrogens with two attached hydrogens (primary N) is 1. The van der Waals surface area contributed by atoms with Crippen LogP contribution in [0.2, 0.25) is 0 Å². The molecule has 0 aliphatic heterocycles. The summed E-state index contributed by atoms with van der Waals surface area (Å²) in [4.78, 5) is 18.5. The minimum atomic E-state index is -0.435. The standard InChI is InChI=1S/C11H10N4O/c1-6-5-15-9-3-2-7(10(12)16)4-8(9)14-11(15)13-6/h2-5H,1H3,(H2,12,16)(H,13,14). The van der Waals surface area contributed by atoms with Crippen molar-refractivity contribution in [2.24, 2.45) is 5.73 Å². The topological polar surface area (TPSA) is 76.2 Å². The van der Waals surface area contributed by atoms with Crippen molar-refractivity contribution in [3.05, 3.63) is 35.7 Å². The summed E-state index contributed by atoms with van der Waals surface area (Å²) in [6.45, 7) is 1.97. The first-order valence-corrected chi connectivity index (χ1v) is 4.92. The molecule has 5 nitrogen and oxygen atoms in total. The molecule has 3 rings (SSSR count). The Labute approximate surface area is 90.9 Å². The van der Waals surface area contributed by atoms with Crippen LogP contribution in [0.15, 0.2) is 24.4 Å². The second-order valence-corrected chi connectivity index (χ2v) is 3.81. The van der Waals surface area contributed by atoms with Crippen LogP contribution in [-0.2, 0) is 0 Å². The number of hydrogen-bond acceptors (Lipinski definition) is 2. The van der Waals surface area contributed by atoms with E-state index in [0.717, 1.165) is 22.5 Å². The van der Waals surface area contributed by atoms with E-state index in [2.05, 4.69) is 9.97 Å². The van der Waals surface area contributed by atoms with Crippen LogP contribution >= 0.6 is 0 Å². The van der Waals surface area contributed by atoms with Crippen LogP contribution in [0.5, 0.6) is 0 Å². The number of imidazole rings is 2. The number of nitrogens with one attached hydrogen (secondary N) is 1. The van der Waals surface area contributed by atoms with Crippen molar-refractivity contribution in [3.63, 3.8) is 0 Å². The Hall–Kier alpha value is -2.30. The fourth-order valence-corrected chi connectivity index (χ4v) is 1.87. The SMILES string of the molecule is Cc1cn2c(nc3cc(C(N)=O)ccc32)[nH]1. The number of carbonyl (C=O) groups is 1. The van der Waals surface area contributed by atoms with Gasteiger partial charge in [0, 0.05) is 17.5 Å². The highest BCUT2D eigenvalue weighted by Crippen LogP contribution is 2.18. The third-order valence-corrected chi connectivity index (χ3v) is 2.61. The van der Waals surface area contributed by atoms with Crippen LogP contribution < -0.4 is 5.73 Å². The summed E-state index contributed by atoms with van der Waals surface area (Å²) in [6.07, 6.45) is 1.97. The number of amides is 1. The maximum atomic E-state index is 11.0. The molecule has 0 aliphatic carbocycles. The molecule has 3 N–H and O–H groups in total. The Kier molecular flexibility index (Phi) is 1.60.